The van der Waals surface area contributed by atoms with E-state index in [0.717, 1.165) is 30.0 Å². The highest BCUT2D eigenvalue weighted by Crippen LogP contribution is 2.27. The zero-order valence-electron chi connectivity index (χ0n) is 19.2. The van der Waals surface area contributed by atoms with E-state index in [4.69, 9.17) is 21.7 Å². The van der Waals surface area contributed by atoms with Gasteiger partial charge in [0.15, 0.2) is 0 Å². The van der Waals surface area contributed by atoms with Crippen molar-refractivity contribution in [2.45, 2.75) is 43.7 Å². The maximum Gasteiger partial charge on any atom is 0.238 e. The van der Waals surface area contributed by atoms with Crippen molar-refractivity contribution in [3.8, 4) is 0 Å². The summed E-state index contributed by atoms with van der Waals surface area (Å²) in [5.41, 5.74) is 2.69. The van der Waals surface area contributed by atoms with Crippen LogP contribution in [0, 0.1) is 6.57 Å². The summed E-state index contributed by atoms with van der Waals surface area (Å²) in [5, 5.41) is 8.74. The predicted molar refractivity (Wildman–Crippen MR) is 128 cm³/mol. The van der Waals surface area contributed by atoms with Gasteiger partial charge in [-0.3, -0.25) is 4.79 Å². The highest BCUT2D eigenvalue weighted by atomic mass is 32.2. The number of amides is 1. The zero-order valence-corrected chi connectivity index (χ0v) is 20.0. The van der Waals surface area contributed by atoms with E-state index in [1.165, 1.54) is 6.07 Å². The number of sulfonamides is 1. The highest BCUT2D eigenvalue weighted by Gasteiger charge is 2.33. The average Bonchev–Trinajstić information content (AvgIpc) is 2.82. The zero-order chi connectivity index (χ0) is 24.3. The largest absolute Gasteiger partial charge is 0.352 e. The maximum absolute atomic E-state index is 12.1. The average molecular weight is 484 g/mol. The van der Waals surface area contributed by atoms with Crippen LogP contribution in [0.5, 0.6) is 0 Å². The topological polar surface area (TPSA) is 126 Å². The smallest absolute Gasteiger partial charge is 0.238 e. The van der Waals surface area contributed by atoms with E-state index in [-0.39, 0.29) is 23.4 Å². The Labute approximate surface area is 200 Å². The summed E-state index contributed by atoms with van der Waals surface area (Å²) in [6, 6.07) is 6.54. The summed E-state index contributed by atoms with van der Waals surface area (Å²) in [4.78, 5) is 29.3. The highest BCUT2D eigenvalue weighted by molar-refractivity contribution is 7.89. The molecule has 0 radical (unpaired) electrons. The molecular formula is C23H29N7O3S. The van der Waals surface area contributed by atoms with Gasteiger partial charge in [0.25, 0.3) is 0 Å². The number of anilines is 1. The first-order valence-electron chi connectivity index (χ1n) is 11.3. The molecule has 3 heterocycles. The number of nitrogens with two attached hydrogens (primary N) is 1. The molecule has 2 aliphatic rings. The SMILES string of the molecule is [C-]#[N+]C[C@H]1CN(c2nc(CCc3ccccc3S(N)(=O)=O)nc3c2CCNC3)CCN1C(C)=O. The van der Waals surface area contributed by atoms with Crippen LogP contribution < -0.4 is 15.4 Å². The lowest BCUT2D eigenvalue weighted by molar-refractivity contribution is -0.131. The molecule has 1 aromatic heterocycles. The van der Waals surface area contributed by atoms with E-state index >= 15 is 0 Å². The molecule has 11 heteroatoms. The van der Waals surface area contributed by atoms with E-state index in [1.54, 1.807) is 30.0 Å². The third kappa shape index (κ3) is 5.19. The Balaban J connectivity index is 1.62. The standard InChI is InChI=1S/C23H29N7O3S/c1-16(31)30-12-11-29(15-18(30)13-25-2)23-19-9-10-26-14-20(19)27-22(28-23)8-7-17-5-3-4-6-21(17)34(24,32)33/h3-6,18,26H,7-15H2,1H3,(H2,24,32,33)/t18-/m0/s1. The second-order valence-corrected chi connectivity index (χ2v) is 10.2. The summed E-state index contributed by atoms with van der Waals surface area (Å²) >= 11 is 0. The summed E-state index contributed by atoms with van der Waals surface area (Å²) in [6.07, 6.45) is 1.71. The number of aryl methyl sites for hydroxylation is 2. The lowest BCUT2D eigenvalue weighted by atomic mass is 10.0. The Morgan fingerprint density at radius 1 is 1.26 bits per heavy atom. The fourth-order valence-corrected chi connectivity index (χ4v) is 5.52. The van der Waals surface area contributed by atoms with Crippen molar-refractivity contribution in [1.29, 1.82) is 0 Å². The van der Waals surface area contributed by atoms with Crippen LogP contribution in [0.3, 0.4) is 0 Å². The fraction of sp³-hybridized carbons (Fsp3) is 0.478. The Kier molecular flexibility index (Phi) is 7.11. The van der Waals surface area contributed by atoms with Gasteiger partial charge in [0.1, 0.15) is 17.7 Å². The second-order valence-electron chi connectivity index (χ2n) is 8.62. The number of fused-ring (bicyclic) bond motifs is 1. The number of nitrogens with zero attached hydrogens (tertiary/aromatic N) is 5. The number of carbonyl (C=O) groups is 1. The minimum atomic E-state index is -3.82. The van der Waals surface area contributed by atoms with Gasteiger partial charge in [0, 0.05) is 45.1 Å². The van der Waals surface area contributed by atoms with Crippen LogP contribution in [0.2, 0.25) is 0 Å². The fourth-order valence-electron chi connectivity index (χ4n) is 4.72. The predicted octanol–water partition coefficient (Wildman–Crippen LogP) is 0.511. The van der Waals surface area contributed by atoms with Gasteiger partial charge < -0.3 is 20.0 Å². The molecule has 1 amide bonds. The van der Waals surface area contributed by atoms with Gasteiger partial charge in [-0.25, -0.2) is 30.1 Å². The van der Waals surface area contributed by atoms with Crippen LogP contribution in [0.1, 0.15) is 29.6 Å². The van der Waals surface area contributed by atoms with Gasteiger partial charge in [0.2, 0.25) is 22.5 Å². The number of aromatic nitrogens is 2. The van der Waals surface area contributed by atoms with Crippen molar-refractivity contribution in [3.05, 3.63) is 58.3 Å². The summed E-state index contributed by atoms with van der Waals surface area (Å²) in [7, 11) is -3.82. The van der Waals surface area contributed by atoms with E-state index in [9.17, 15) is 13.2 Å². The lowest BCUT2D eigenvalue weighted by Gasteiger charge is -2.40. The Bertz CT molecular complexity index is 1230. The molecule has 0 unspecified atom stereocenters. The molecule has 2 aromatic rings. The van der Waals surface area contributed by atoms with Gasteiger partial charge in [-0.1, -0.05) is 18.2 Å². The van der Waals surface area contributed by atoms with Crippen LogP contribution in [0.25, 0.3) is 4.85 Å². The first kappa shape index (κ1) is 24.1. The van der Waals surface area contributed by atoms with Crippen molar-refractivity contribution < 1.29 is 13.2 Å². The normalized spacial score (nSPS) is 18.3. The van der Waals surface area contributed by atoms with Crippen molar-refractivity contribution in [3.63, 3.8) is 0 Å². The molecule has 1 atom stereocenters. The first-order chi connectivity index (χ1) is 16.3. The Morgan fingerprint density at radius 2 is 2.06 bits per heavy atom. The van der Waals surface area contributed by atoms with E-state index < -0.39 is 10.0 Å². The van der Waals surface area contributed by atoms with Gasteiger partial charge in [-0.2, -0.15) is 0 Å². The van der Waals surface area contributed by atoms with E-state index in [0.29, 0.717) is 50.4 Å². The molecule has 3 N–H and O–H groups in total. The number of hydrogen-bond acceptors (Lipinski definition) is 7. The number of piperazine rings is 1. The number of benzene rings is 1. The molecule has 0 saturated carbocycles. The van der Waals surface area contributed by atoms with Crippen molar-refractivity contribution >= 4 is 21.7 Å². The van der Waals surface area contributed by atoms with Gasteiger partial charge in [0.05, 0.1) is 10.6 Å². The lowest BCUT2D eigenvalue weighted by Crippen LogP contribution is -2.56. The van der Waals surface area contributed by atoms with Gasteiger partial charge in [-0.15, -0.1) is 0 Å². The minimum Gasteiger partial charge on any atom is -0.352 e. The van der Waals surface area contributed by atoms with Gasteiger partial charge >= 0.3 is 0 Å². The van der Waals surface area contributed by atoms with Crippen LogP contribution >= 0.6 is 0 Å². The third-order valence-corrected chi connectivity index (χ3v) is 7.36. The van der Waals surface area contributed by atoms with Crippen LogP contribution in [-0.4, -0.2) is 68.0 Å². The molecule has 1 aromatic carbocycles. The second kappa shape index (κ2) is 10.0. The van der Waals surface area contributed by atoms with Gasteiger partial charge in [-0.05, 0) is 31.0 Å². The van der Waals surface area contributed by atoms with Crippen molar-refractivity contribution in [2.75, 3.05) is 37.6 Å². The van der Waals surface area contributed by atoms with Crippen molar-refractivity contribution in [2.24, 2.45) is 5.14 Å². The van der Waals surface area contributed by atoms with Crippen LogP contribution in [0.4, 0.5) is 5.82 Å². The molecule has 4 rings (SSSR count). The number of primary sulfonamides is 1. The minimum absolute atomic E-state index is 0.0172. The van der Waals surface area contributed by atoms with Crippen molar-refractivity contribution in [1.82, 2.24) is 20.2 Å². The number of hydrogen-bond donors (Lipinski definition) is 2. The number of nitrogens with one attached hydrogen (secondary N) is 1. The third-order valence-electron chi connectivity index (χ3n) is 6.35. The molecule has 0 aliphatic carbocycles. The molecule has 0 bridgehead atoms. The summed E-state index contributed by atoms with van der Waals surface area (Å²) in [5.74, 6) is 1.48. The Hall–Kier alpha value is -3.07. The molecule has 34 heavy (non-hydrogen) atoms. The first-order valence-corrected chi connectivity index (χ1v) is 12.9. The molecular weight excluding hydrogens is 454 g/mol. The molecule has 1 saturated heterocycles. The van der Waals surface area contributed by atoms with E-state index in [1.807, 2.05) is 0 Å². The summed E-state index contributed by atoms with van der Waals surface area (Å²) in [6.45, 7) is 12.3. The Morgan fingerprint density at radius 3 is 2.79 bits per heavy atom. The molecule has 0 spiro atoms. The number of rotatable bonds is 6. The quantitative estimate of drug-likeness (QED) is 0.574. The molecule has 2 aliphatic heterocycles. The van der Waals surface area contributed by atoms with E-state index in [2.05, 4.69) is 15.1 Å². The molecule has 10 nitrogen and oxygen atoms in total. The van der Waals surface area contributed by atoms with Crippen LogP contribution in [0.15, 0.2) is 29.2 Å². The molecule has 1 fully saturated rings. The monoisotopic (exact) mass is 483 g/mol. The number of carbonyl (C=O) groups excluding carboxylic acids is 1. The maximum atomic E-state index is 12.1. The molecule has 180 valence electrons. The summed E-state index contributed by atoms with van der Waals surface area (Å²) < 4.78 is 23.9. The van der Waals surface area contributed by atoms with Crippen LogP contribution in [-0.2, 0) is 40.6 Å².